The Morgan fingerprint density at radius 2 is 2.18 bits per heavy atom. The molecule has 0 saturated heterocycles. The van der Waals surface area contributed by atoms with Gasteiger partial charge in [0.05, 0.1) is 12.8 Å². The van der Waals surface area contributed by atoms with Crippen LogP contribution in [-0.4, -0.2) is 45.6 Å². The standard InChI is InChI=1S/C12H19N3O2/c1-2-3-4-7-15(8-9-16)12(17)11-10-13-5-6-14-11/h5-6,10,16H,2-4,7-9H2,1H3. The SMILES string of the molecule is CCCCCN(CCO)C(=O)c1cnccn1. The van der Waals surface area contributed by atoms with Gasteiger partial charge in [0.2, 0.25) is 0 Å². The van der Waals surface area contributed by atoms with Crippen molar-refractivity contribution in [2.75, 3.05) is 19.7 Å². The van der Waals surface area contributed by atoms with E-state index in [9.17, 15) is 4.79 Å². The number of amides is 1. The molecule has 1 rings (SSSR count). The van der Waals surface area contributed by atoms with Gasteiger partial charge in [-0.05, 0) is 6.42 Å². The minimum Gasteiger partial charge on any atom is -0.395 e. The Morgan fingerprint density at radius 3 is 2.76 bits per heavy atom. The zero-order chi connectivity index (χ0) is 12.5. The maximum Gasteiger partial charge on any atom is 0.274 e. The normalized spacial score (nSPS) is 10.2. The Labute approximate surface area is 102 Å². The zero-order valence-corrected chi connectivity index (χ0v) is 10.2. The third-order valence-corrected chi connectivity index (χ3v) is 2.47. The van der Waals surface area contributed by atoms with Crippen molar-refractivity contribution in [3.8, 4) is 0 Å². The maximum atomic E-state index is 12.0. The molecule has 0 aliphatic heterocycles. The Hall–Kier alpha value is -1.49. The van der Waals surface area contributed by atoms with E-state index in [-0.39, 0.29) is 12.5 Å². The summed E-state index contributed by atoms with van der Waals surface area (Å²) in [4.78, 5) is 21.5. The number of aliphatic hydroxyl groups excluding tert-OH is 1. The molecule has 17 heavy (non-hydrogen) atoms. The Bertz CT molecular complexity index is 330. The van der Waals surface area contributed by atoms with E-state index in [1.807, 2.05) is 0 Å². The highest BCUT2D eigenvalue weighted by Gasteiger charge is 2.15. The molecule has 0 aliphatic carbocycles. The topological polar surface area (TPSA) is 66.3 Å². The lowest BCUT2D eigenvalue weighted by Gasteiger charge is -2.20. The summed E-state index contributed by atoms with van der Waals surface area (Å²) in [5.41, 5.74) is 0.331. The van der Waals surface area contributed by atoms with Gasteiger partial charge in [-0.2, -0.15) is 0 Å². The van der Waals surface area contributed by atoms with Crippen LogP contribution in [-0.2, 0) is 0 Å². The van der Waals surface area contributed by atoms with Crippen molar-refractivity contribution in [1.82, 2.24) is 14.9 Å². The first-order chi connectivity index (χ1) is 8.29. The molecule has 0 radical (unpaired) electrons. The van der Waals surface area contributed by atoms with Gasteiger partial charge >= 0.3 is 0 Å². The maximum absolute atomic E-state index is 12.0. The van der Waals surface area contributed by atoms with E-state index in [1.165, 1.54) is 18.6 Å². The molecule has 0 fully saturated rings. The molecule has 1 aromatic rings. The van der Waals surface area contributed by atoms with Crippen LogP contribution >= 0.6 is 0 Å². The fourth-order valence-corrected chi connectivity index (χ4v) is 1.56. The van der Waals surface area contributed by atoms with E-state index < -0.39 is 0 Å². The van der Waals surface area contributed by atoms with Crippen LogP contribution < -0.4 is 0 Å². The molecule has 0 bridgehead atoms. The van der Waals surface area contributed by atoms with Crippen molar-refractivity contribution >= 4 is 5.91 Å². The molecule has 0 aliphatic rings. The minimum atomic E-state index is -0.164. The van der Waals surface area contributed by atoms with Gasteiger partial charge in [0.1, 0.15) is 5.69 Å². The Morgan fingerprint density at radius 1 is 1.35 bits per heavy atom. The van der Waals surface area contributed by atoms with Crippen molar-refractivity contribution in [2.45, 2.75) is 26.2 Å². The van der Waals surface area contributed by atoms with Gasteiger partial charge in [0.15, 0.2) is 0 Å². The number of carbonyl (C=O) groups excluding carboxylic acids is 1. The second-order valence-electron chi connectivity index (χ2n) is 3.81. The number of aromatic nitrogens is 2. The van der Waals surface area contributed by atoms with Gasteiger partial charge < -0.3 is 10.0 Å². The fourth-order valence-electron chi connectivity index (χ4n) is 1.56. The predicted octanol–water partition coefficient (Wildman–Crippen LogP) is 1.10. The van der Waals surface area contributed by atoms with Gasteiger partial charge in [-0.25, -0.2) is 4.98 Å². The summed E-state index contributed by atoms with van der Waals surface area (Å²) < 4.78 is 0. The smallest absolute Gasteiger partial charge is 0.274 e. The van der Waals surface area contributed by atoms with Gasteiger partial charge in [-0.15, -0.1) is 0 Å². The van der Waals surface area contributed by atoms with Crippen LogP contribution in [0, 0.1) is 0 Å². The predicted molar refractivity (Wildman–Crippen MR) is 64.5 cm³/mol. The van der Waals surface area contributed by atoms with Gasteiger partial charge in [0, 0.05) is 25.5 Å². The first-order valence-electron chi connectivity index (χ1n) is 5.95. The summed E-state index contributed by atoms with van der Waals surface area (Å²) in [6, 6.07) is 0. The fraction of sp³-hybridized carbons (Fsp3) is 0.583. The number of rotatable bonds is 7. The van der Waals surface area contributed by atoms with E-state index in [0.29, 0.717) is 18.8 Å². The minimum absolute atomic E-state index is 0.0296. The highest BCUT2D eigenvalue weighted by molar-refractivity contribution is 5.91. The molecule has 0 saturated carbocycles. The van der Waals surface area contributed by atoms with E-state index in [1.54, 1.807) is 4.90 Å². The Kier molecular flexibility index (Phi) is 6.17. The van der Waals surface area contributed by atoms with Crippen LogP contribution in [0.1, 0.15) is 36.7 Å². The van der Waals surface area contributed by atoms with Crippen LogP contribution in [0.2, 0.25) is 0 Å². The molecule has 0 atom stereocenters. The van der Waals surface area contributed by atoms with Crippen LogP contribution in [0.15, 0.2) is 18.6 Å². The molecular formula is C12H19N3O2. The van der Waals surface area contributed by atoms with E-state index >= 15 is 0 Å². The number of hydrogen-bond acceptors (Lipinski definition) is 4. The number of unbranched alkanes of at least 4 members (excludes halogenated alkanes) is 2. The van der Waals surface area contributed by atoms with Crippen molar-refractivity contribution in [3.05, 3.63) is 24.3 Å². The molecule has 0 aromatic carbocycles. The first kappa shape index (κ1) is 13.6. The Balaban J connectivity index is 2.60. The summed E-state index contributed by atoms with van der Waals surface area (Å²) in [5.74, 6) is -0.164. The van der Waals surface area contributed by atoms with Crippen LogP contribution in [0.25, 0.3) is 0 Å². The van der Waals surface area contributed by atoms with Crippen LogP contribution in [0.5, 0.6) is 0 Å². The number of aliphatic hydroxyl groups is 1. The average molecular weight is 237 g/mol. The third-order valence-electron chi connectivity index (χ3n) is 2.47. The molecular weight excluding hydrogens is 218 g/mol. The van der Waals surface area contributed by atoms with Gasteiger partial charge in [-0.3, -0.25) is 9.78 Å². The largest absolute Gasteiger partial charge is 0.395 e. The molecule has 0 spiro atoms. The molecule has 5 heteroatoms. The zero-order valence-electron chi connectivity index (χ0n) is 10.2. The summed E-state index contributed by atoms with van der Waals surface area (Å²) in [6.07, 6.45) is 7.61. The summed E-state index contributed by atoms with van der Waals surface area (Å²) >= 11 is 0. The van der Waals surface area contributed by atoms with Gasteiger partial charge in [-0.1, -0.05) is 19.8 Å². The highest BCUT2D eigenvalue weighted by atomic mass is 16.3. The number of nitrogens with zero attached hydrogens (tertiary/aromatic N) is 3. The lowest BCUT2D eigenvalue weighted by molar-refractivity contribution is 0.0712. The van der Waals surface area contributed by atoms with Crippen molar-refractivity contribution in [1.29, 1.82) is 0 Å². The lowest BCUT2D eigenvalue weighted by Crippen LogP contribution is -2.35. The van der Waals surface area contributed by atoms with Crippen molar-refractivity contribution in [3.63, 3.8) is 0 Å². The van der Waals surface area contributed by atoms with E-state index in [0.717, 1.165) is 19.3 Å². The second kappa shape index (κ2) is 7.73. The van der Waals surface area contributed by atoms with E-state index in [4.69, 9.17) is 5.11 Å². The number of hydrogen-bond donors (Lipinski definition) is 1. The first-order valence-corrected chi connectivity index (χ1v) is 5.95. The molecule has 0 unspecified atom stereocenters. The molecule has 1 amide bonds. The molecule has 1 heterocycles. The van der Waals surface area contributed by atoms with Crippen molar-refractivity contribution in [2.24, 2.45) is 0 Å². The summed E-state index contributed by atoms with van der Waals surface area (Å²) in [6.45, 7) is 3.09. The van der Waals surface area contributed by atoms with Gasteiger partial charge in [0.25, 0.3) is 5.91 Å². The number of carbonyl (C=O) groups is 1. The summed E-state index contributed by atoms with van der Waals surface area (Å²) in [7, 11) is 0. The molecule has 1 N–H and O–H groups in total. The highest BCUT2D eigenvalue weighted by Crippen LogP contribution is 2.03. The quantitative estimate of drug-likeness (QED) is 0.721. The third kappa shape index (κ3) is 4.48. The lowest BCUT2D eigenvalue weighted by atomic mass is 10.2. The van der Waals surface area contributed by atoms with E-state index in [2.05, 4.69) is 16.9 Å². The molecule has 1 aromatic heterocycles. The average Bonchev–Trinajstić information content (AvgIpc) is 2.38. The molecule has 5 nitrogen and oxygen atoms in total. The molecule has 94 valence electrons. The van der Waals surface area contributed by atoms with Crippen LogP contribution in [0.3, 0.4) is 0 Å². The second-order valence-corrected chi connectivity index (χ2v) is 3.81. The summed E-state index contributed by atoms with van der Waals surface area (Å²) in [5, 5.41) is 8.96. The van der Waals surface area contributed by atoms with Crippen LogP contribution in [0.4, 0.5) is 0 Å². The monoisotopic (exact) mass is 237 g/mol. The van der Waals surface area contributed by atoms with Crippen molar-refractivity contribution < 1.29 is 9.90 Å².